The van der Waals surface area contributed by atoms with Gasteiger partial charge in [-0.05, 0) is 6.92 Å². The van der Waals surface area contributed by atoms with Crippen LogP contribution < -0.4 is 5.73 Å². The molecule has 102 valence electrons. The van der Waals surface area contributed by atoms with Gasteiger partial charge in [-0.15, -0.1) is 0 Å². The number of hydrogen-bond donors (Lipinski definition) is 1. The number of amides is 1. The highest BCUT2D eigenvalue weighted by molar-refractivity contribution is 5.76. The molecule has 1 heterocycles. The number of nitrogens with two attached hydrogens (primary N) is 1. The van der Waals surface area contributed by atoms with E-state index in [1.807, 2.05) is 20.8 Å². The van der Waals surface area contributed by atoms with E-state index in [4.69, 9.17) is 10.3 Å². The van der Waals surface area contributed by atoms with Crippen molar-refractivity contribution in [2.24, 2.45) is 5.73 Å². The van der Waals surface area contributed by atoms with Gasteiger partial charge in [0.2, 0.25) is 11.8 Å². The third-order valence-electron chi connectivity index (χ3n) is 2.95. The normalized spacial score (nSPS) is 12.8. The molecule has 6 heteroatoms. The summed E-state index contributed by atoms with van der Waals surface area (Å²) in [6.45, 7) is 6.37. The molecule has 0 bridgehead atoms. The minimum absolute atomic E-state index is 0.0391. The summed E-state index contributed by atoms with van der Waals surface area (Å²) in [4.78, 5) is 17.7. The molecule has 0 fully saturated rings. The molecule has 0 saturated heterocycles. The van der Waals surface area contributed by atoms with E-state index in [9.17, 15) is 4.79 Å². The zero-order valence-corrected chi connectivity index (χ0v) is 11.5. The largest absolute Gasteiger partial charge is 0.342 e. The number of nitrogens with zero attached hydrogens (tertiary/aromatic N) is 3. The summed E-state index contributed by atoms with van der Waals surface area (Å²) < 4.78 is 5.09. The Labute approximate surface area is 108 Å². The summed E-state index contributed by atoms with van der Waals surface area (Å²) in [5, 5.41) is 3.86. The molecule has 1 unspecified atom stereocenters. The average molecular weight is 254 g/mol. The summed E-state index contributed by atoms with van der Waals surface area (Å²) in [7, 11) is 1.76. The lowest BCUT2D eigenvalue weighted by Crippen LogP contribution is -2.39. The van der Waals surface area contributed by atoms with Crippen LogP contribution in [0.4, 0.5) is 0 Å². The second-order valence-corrected chi connectivity index (χ2v) is 4.79. The SMILES string of the molecule is CC(C)c1noc(CCC(=O)N(C)C(C)CN)n1. The molecule has 1 aromatic rings. The van der Waals surface area contributed by atoms with Crippen molar-refractivity contribution in [3.63, 3.8) is 0 Å². The quantitative estimate of drug-likeness (QED) is 0.816. The van der Waals surface area contributed by atoms with Crippen molar-refractivity contribution in [2.75, 3.05) is 13.6 Å². The summed E-state index contributed by atoms with van der Waals surface area (Å²) >= 11 is 0. The van der Waals surface area contributed by atoms with Crippen LogP contribution >= 0.6 is 0 Å². The van der Waals surface area contributed by atoms with Gasteiger partial charge in [-0.1, -0.05) is 19.0 Å². The Morgan fingerprint density at radius 2 is 2.11 bits per heavy atom. The molecular formula is C12H22N4O2. The van der Waals surface area contributed by atoms with Gasteiger partial charge in [0.15, 0.2) is 5.82 Å². The highest BCUT2D eigenvalue weighted by atomic mass is 16.5. The lowest BCUT2D eigenvalue weighted by Gasteiger charge is -2.23. The predicted octanol–water partition coefficient (Wildman–Crippen LogP) is 0.931. The maximum atomic E-state index is 11.8. The number of rotatable bonds is 6. The van der Waals surface area contributed by atoms with E-state index in [1.165, 1.54) is 0 Å². The van der Waals surface area contributed by atoms with Crippen LogP contribution in [-0.4, -0.2) is 40.6 Å². The van der Waals surface area contributed by atoms with Crippen molar-refractivity contribution in [3.05, 3.63) is 11.7 Å². The van der Waals surface area contributed by atoms with E-state index in [0.717, 1.165) is 0 Å². The molecule has 6 nitrogen and oxygen atoms in total. The van der Waals surface area contributed by atoms with Gasteiger partial charge < -0.3 is 15.2 Å². The number of aryl methyl sites for hydroxylation is 1. The Balaban J connectivity index is 2.47. The molecule has 0 saturated carbocycles. The lowest BCUT2D eigenvalue weighted by molar-refractivity contribution is -0.131. The number of aromatic nitrogens is 2. The van der Waals surface area contributed by atoms with E-state index in [2.05, 4.69) is 10.1 Å². The molecule has 1 atom stereocenters. The van der Waals surface area contributed by atoms with Crippen molar-refractivity contribution < 1.29 is 9.32 Å². The number of likely N-dealkylation sites (N-methyl/N-ethyl adjacent to an activating group) is 1. The first-order valence-corrected chi connectivity index (χ1v) is 6.23. The highest BCUT2D eigenvalue weighted by Gasteiger charge is 2.16. The van der Waals surface area contributed by atoms with Gasteiger partial charge in [0.1, 0.15) is 0 Å². The molecule has 18 heavy (non-hydrogen) atoms. The molecular weight excluding hydrogens is 232 g/mol. The first-order valence-electron chi connectivity index (χ1n) is 6.23. The Morgan fingerprint density at radius 1 is 1.44 bits per heavy atom. The van der Waals surface area contributed by atoms with Crippen LogP contribution in [-0.2, 0) is 11.2 Å². The first kappa shape index (κ1) is 14.6. The van der Waals surface area contributed by atoms with Crippen molar-refractivity contribution in [3.8, 4) is 0 Å². The number of hydrogen-bond acceptors (Lipinski definition) is 5. The van der Waals surface area contributed by atoms with Gasteiger partial charge in [0.25, 0.3) is 0 Å². The van der Waals surface area contributed by atoms with Gasteiger partial charge >= 0.3 is 0 Å². The standard InChI is InChI=1S/C12H22N4O2/c1-8(2)12-14-10(18-15-12)5-6-11(17)16(4)9(3)7-13/h8-9H,5-7,13H2,1-4H3. The highest BCUT2D eigenvalue weighted by Crippen LogP contribution is 2.11. The van der Waals surface area contributed by atoms with Crippen LogP contribution in [0.25, 0.3) is 0 Å². The van der Waals surface area contributed by atoms with Gasteiger partial charge in [-0.2, -0.15) is 4.98 Å². The monoisotopic (exact) mass is 254 g/mol. The molecule has 0 spiro atoms. The average Bonchev–Trinajstić information content (AvgIpc) is 2.82. The molecule has 0 aliphatic rings. The van der Waals surface area contributed by atoms with E-state index in [0.29, 0.717) is 31.1 Å². The van der Waals surface area contributed by atoms with Crippen LogP contribution in [0.3, 0.4) is 0 Å². The molecule has 0 aliphatic heterocycles. The van der Waals surface area contributed by atoms with Gasteiger partial charge in [-0.3, -0.25) is 4.79 Å². The molecule has 0 aromatic carbocycles. The maximum Gasteiger partial charge on any atom is 0.227 e. The first-order chi connectivity index (χ1) is 8.45. The topological polar surface area (TPSA) is 85.2 Å². The van der Waals surface area contributed by atoms with Gasteiger partial charge in [0, 0.05) is 38.4 Å². The summed E-state index contributed by atoms with van der Waals surface area (Å²) in [5.74, 6) is 1.47. The molecule has 0 radical (unpaired) electrons. The fourth-order valence-electron chi connectivity index (χ4n) is 1.40. The molecule has 1 aromatic heterocycles. The van der Waals surface area contributed by atoms with Crippen molar-refractivity contribution in [1.82, 2.24) is 15.0 Å². The Hall–Kier alpha value is -1.43. The Bertz CT molecular complexity index is 389. The lowest BCUT2D eigenvalue weighted by atomic mass is 10.2. The zero-order chi connectivity index (χ0) is 13.7. The maximum absolute atomic E-state index is 11.8. The summed E-state index contributed by atoms with van der Waals surface area (Å²) in [5.41, 5.74) is 5.52. The second kappa shape index (κ2) is 6.49. The Morgan fingerprint density at radius 3 is 2.61 bits per heavy atom. The van der Waals surface area contributed by atoms with Crippen LogP contribution in [0.1, 0.15) is 44.8 Å². The number of carbonyl (C=O) groups is 1. The van der Waals surface area contributed by atoms with E-state index in [1.54, 1.807) is 11.9 Å². The molecule has 2 N–H and O–H groups in total. The smallest absolute Gasteiger partial charge is 0.227 e. The minimum atomic E-state index is 0.0391. The van der Waals surface area contributed by atoms with Crippen LogP contribution in [0.5, 0.6) is 0 Å². The van der Waals surface area contributed by atoms with Crippen LogP contribution in [0.15, 0.2) is 4.52 Å². The van der Waals surface area contributed by atoms with E-state index in [-0.39, 0.29) is 17.9 Å². The van der Waals surface area contributed by atoms with Crippen molar-refractivity contribution in [1.29, 1.82) is 0 Å². The predicted molar refractivity (Wildman–Crippen MR) is 68.0 cm³/mol. The van der Waals surface area contributed by atoms with Gasteiger partial charge in [0.05, 0.1) is 0 Å². The minimum Gasteiger partial charge on any atom is -0.342 e. The van der Waals surface area contributed by atoms with E-state index < -0.39 is 0 Å². The zero-order valence-electron chi connectivity index (χ0n) is 11.5. The summed E-state index contributed by atoms with van der Waals surface area (Å²) in [6, 6.07) is 0.0476. The van der Waals surface area contributed by atoms with E-state index >= 15 is 0 Å². The fourth-order valence-corrected chi connectivity index (χ4v) is 1.40. The van der Waals surface area contributed by atoms with Crippen molar-refractivity contribution >= 4 is 5.91 Å². The summed E-state index contributed by atoms with van der Waals surface area (Å²) in [6.07, 6.45) is 0.834. The van der Waals surface area contributed by atoms with Gasteiger partial charge in [-0.25, -0.2) is 0 Å². The third-order valence-corrected chi connectivity index (χ3v) is 2.95. The Kier molecular flexibility index (Phi) is 5.27. The molecule has 1 rings (SSSR count). The molecule has 1 amide bonds. The molecule has 0 aliphatic carbocycles. The number of carbonyl (C=O) groups excluding carboxylic acids is 1. The van der Waals surface area contributed by atoms with Crippen LogP contribution in [0.2, 0.25) is 0 Å². The van der Waals surface area contributed by atoms with Crippen molar-refractivity contribution in [2.45, 2.75) is 45.6 Å². The third kappa shape index (κ3) is 3.80. The second-order valence-electron chi connectivity index (χ2n) is 4.79. The van der Waals surface area contributed by atoms with Crippen LogP contribution in [0, 0.1) is 0 Å². The fraction of sp³-hybridized carbons (Fsp3) is 0.750.